The number of nitrogens with zero attached hydrogens (tertiary/aromatic N) is 1. The van der Waals surface area contributed by atoms with Gasteiger partial charge in [-0.15, -0.1) is 0 Å². The zero-order valence-corrected chi connectivity index (χ0v) is 26.1. The second kappa shape index (κ2) is 19.3. The van der Waals surface area contributed by atoms with Crippen molar-refractivity contribution in [3.05, 3.63) is 0 Å². The van der Waals surface area contributed by atoms with Gasteiger partial charge in [0.05, 0.1) is 26.2 Å². The highest BCUT2D eigenvalue weighted by Gasteiger charge is 2.35. The van der Waals surface area contributed by atoms with Gasteiger partial charge in [0, 0.05) is 19.9 Å². The third-order valence-corrected chi connectivity index (χ3v) is 7.05. The van der Waals surface area contributed by atoms with Crippen molar-refractivity contribution in [1.82, 2.24) is 36.8 Å². The summed E-state index contributed by atoms with van der Waals surface area (Å²) in [7, 11) is 0. The summed E-state index contributed by atoms with van der Waals surface area (Å²) in [5.41, 5.74) is 9.98. The first-order chi connectivity index (χ1) is 21.6. The van der Waals surface area contributed by atoms with Gasteiger partial charge in [0.1, 0.15) is 18.1 Å². The summed E-state index contributed by atoms with van der Waals surface area (Å²) >= 11 is 0. The Labute approximate surface area is 265 Å². The Bertz CT molecular complexity index is 1210. The first-order valence-electron chi connectivity index (χ1n) is 14.6. The fourth-order valence-electron chi connectivity index (χ4n) is 4.34. The smallest absolute Gasteiger partial charge is 0.284 e. The van der Waals surface area contributed by atoms with Crippen molar-refractivity contribution in [2.24, 2.45) is 17.4 Å². The lowest BCUT2D eigenvalue weighted by atomic mass is 9.98. The molecule has 19 heteroatoms. The SMILES string of the molecule is CC[C@@H](C)C(NC(=O)CNC(=O)[C@H](CCC(=O)C(N)=O)NC(=O)CNC(C)=O)C(=O)NCC(=O)N1CCC[C@H]1C(=O)NCC(N)=O. The van der Waals surface area contributed by atoms with Crippen LogP contribution in [0.4, 0.5) is 0 Å². The van der Waals surface area contributed by atoms with Crippen LogP contribution in [0.2, 0.25) is 0 Å². The number of Topliss-reactive ketones (excluding diaryl/α,β-unsaturated/α-hetero) is 1. The van der Waals surface area contributed by atoms with Crippen molar-refractivity contribution < 1.29 is 47.9 Å². The Morgan fingerprint density at radius 1 is 0.804 bits per heavy atom. The molecule has 0 aromatic heterocycles. The molecule has 0 bridgehead atoms. The zero-order chi connectivity index (χ0) is 35.0. The van der Waals surface area contributed by atoms with Crippen molar-refractivity contribution in [1.29, 1.82) is 0 Å². The van der Waals surface area contributed by atoms with Gasteiger partial charge >= 0.3 is 0 Å². The van der Waals surface area contributed by atoms with Gasteiger partial charge in [-0.1, -0.05) is 20.3 Å². The summed E-state index contributed by atoms with van der Waals surface area (Å²) in [6.07, 6.45) is 0.530. The van der Waals surface area contributed by atoms with E-state index in [0.29, 0.717) is 19.3 Å². The average Bonchev–Trinajstić information content (AvgIpc) is 3.50. The molecular weight excluding hydrogens is 610 g/mol. The summed E-state index contributed by atoms with van der Waals surface area (Å²) in [5, 5.41) is 14.1. The molecule has 256 valence electrons. The minimum absolute atomic E-state index is 0.264. The molecule has 1 heterocycles. The first-order valence-corrected chi connectivity index (χ1v) is 14.6. The molecule has 1 saturated heterocycles. The number of nitrogens with two attached hydrogens (primary N) is 2. The minimum atomic E-state index is -1.37. The maximum atomic E-state index is 13.0. The van der Waals surface area contributed by atoms with Crippen LogP contribution in [0.5, 0.6) is 0 Å². The molecular formula is C27H43N9O10. The fourth-order valence-corrected chi connectivity index (χ4v) is 4.34. The Kier molecular flexibility index (Phi) is 16.3. The Balaban J connectivity index is 2.79. The molecule has 1 aliphatic rings. The van der Waals surface area contributed by atoms with Gasteiger partial charge in [-0.25, -0.2) is 0 Å². The number of nitrogens with one attached hydrogen (secondary N) is 6. The molecule has 1 fully saturated rings. The molecule has 0 radical (unpaired) electrons. The van der Waals surface area contributed by atoms with E-state index in [4.69, 9.17) is 11.5 Å². The zero-order valence-electron chi connectivity index (χ0n) is 26.1. The van der Waals surface area contributed by atoms with Crippen LogP contribution in [0, 0.1) is 5.92 Å². The van der Waals surface area contributed by atoms with E-state index < -0.39 is 109 Å². The van der Waals surface area contributed by atoms with Gasteiger partial charge in [-0.2, -0.15) is 0 Å². The number of hydrogen-bond donors (Lipinski definition) is 8. The van der Waals surface area contributed by atoms with Crippen molar-refractivity contribution in [3.63, 3.8) is 0 Å². The number of carbonyl (C=O) groups excluding carboxylic acids is 10. The average molecular weight is 654 g/mol. The predicted octanol–water partition coefficient (Wildman–Crippen LogP) is -5.20. The molecule has 1 aliphatic heterocycles. The molecule has 0 saturated carbocycles. The number of carbonyl (C=O) groups is 10. The van der Waals surface area contributed by atoms with E-state index in [1.807, 2.05) is 0 Å². The number of hydrogen-bond acceptors (Lipinski definition) is 10. The molecule has 0 aromatic carbocycles. The van der Waals surface area contributed by atoms with Crippen molar-refractivity contribution in [2.75, 3.05) is 32.7 Å². The molecule has 4 atom stereocenters. The van der Waals surface area contributed by atoms with Crippen molar-refractivity contribution >= 4 is 58.9 Å². The van der Waals surface area contributed by atoms with E-state index in [0.717, 1.165) is 0 Å². The molecule has 10 N–H and O–H groups in total. The van der Waals surface area contributed by atoms with Crippen LogP contribution in [0.1, 0.15) is 52.9 Å². The highest BCUT2D eigenvalue weighted by atomic mass is 16.2. The Hall–Kier alpha value is -5.10. The van der Waals surface area contributed by atoms with E-state index in [9.17, 15) is 47.9 Å². The van der Waals surface area contributed by atoms with E-state index >= 15 is 0 Å². The summed E-state index contributed by atoms with van der Waals surface area (Å²) in [4.78, 5) is 122. The summed E-state index contributed by atoms with van der Waals surface area (Å²) < 4.78 is 0. The van der Waals surface area contributed by atoms with Crippen LogP contribution in [0.15, 0.2) is 0 Å². The number of primary amides is 2. The van der Waals surface area contributed by atoms with Crippen LogP contribution in [0.3, 0.4) is 0 Å². The van der Waals surface area contributed by atoms with Crippen molar-refractivity contribution in [2.45, 2.75) is 71.0 Å². The number of rotatable bonds is 19. The third kappa shape index (κ3) is 13.7. The first kappa shape index (κ1) is 38.9. The molecule has 46 heavy (non-hydrogen) atoms. The lowest BCUT2D eigenvalue weighted by molar-refractivity contribution is -0.139. The van der Waals surface area contributed by atoms with Crippen LogP contribution in [-0.2, 0) is 47.9 Å². The second-order valence-corrected chi connectivity index (χ2v) is 10.7. The van der Waals surface area contributed by atoms with E-state index in [-0.39, 0.29) is 19.5 Å². The number of likely N-dealkylation sites (tertiary alicyclic amines) is 1. The van der Waals surface area contributed by atoms with Crippen LogP contribution < -0.4 is 43.4 Å². The summed E-state index contributed by atoms with van der Waals surface area (Å²) in [5.74, 6) is -8.11. The molecule has 0 spiro atoms. The van der Waals surface area contributed by atoms with Gasteiger partial charge in [-0.3, -0.25) is 47.9 Å². The lowest BCUT2D eigenvalue weighted by Crippen LogP contribution is -2.55. The van der Waals surface area contributed by atoms with Gasteiger partial charge in [0.25, 0.3) is 5.91 Å². The number of ketones is 1. The second-order valence-electron chi connectivity index (χ2n) is 10.7. The maximum Gasteiger partial charge on any atom is 0.284 e. The van der Waals surface area contributed by atoms with Crippen LogP contribution in [0.25, 0.3) is 0 Å². The van der Waals surface area contributed by atoms with E-state index in [1.165, 1.54) is 11.8 Å². The normalized spacial score (nSPS) is 15.7. The van der Waals surface area contributed by atoms with E-state index in [1.54, 1.807) is 13.8 Å². The Morgan fingerprint density at radius 3 is 2.00 bits per heavy atom. The molecule has 1 unspecified atom stereocenters. The molecule has 0 aromatic rings. The molecule has 19 nitrogen and oxygen atoms in total. The van der Waals surface area contributed by atoms with Gasteiger partial charge in [-0.05, 0) is 25.2 Å². The molecule has 1 rings (SSSR count). The number of amides is 9. The summed E-state index contributed by atoms with van der Waals surface area (Å²) in [6, 6.07) is -3.31. The monoisotopic (exact) mass is 653 g/mol. The van der Waals surface area contributed by atoms with Gasteiger partial charge in [0.2, 0.25) is 53.0 Å². The molecule has 0 aliphatic carbocycles. The lowest BCUT2D eigenvalue weighted by Gasteiger charge is -2.26. The van der Waals surface area contributed by atoms with Crippen molar-refractivity contribution in [3.8, 4) is 0 Å². The van der Waals surface area contributed by atoms with Crippen LogP contribution in [-0.4, -0.2) is 115 Å². The maximum absolute atomic E-state index is 13.0. The predicted molar refractivity (Wildman–Crippen MR) is 158 cm³/mol. The van der Waals surface area contributed by atoms with Gasteiger partial charge in [0.15, 0.2) is 0 Å². The molecule has 9 amide bonds. The highest BCUT2D eigenvalue weighted by Crippen LogP contribution is 2.17. The van der Waals surface area contributed by atoms with Gasteiger partial charge < -0.3 is 48.3 Å². The highest BCUT2D eigenvalue weighted by molar-refractivity contribution is 6.35. The van der Waals surface area contributed by atoms with Crippen LogP contribution >= 0.6 is 0 Å². The standard InChI is InChI=1S/C27H43N9O10/c1-4-14(2)23(27(46)33-13-22(42)36-9-5-6-17(36)26(45)31-10-19(28)39)35-21(41)12-32-25(44)16(7-8-18(38)24(29)43)34-20(40)11-30-15(3)37/h14,16-17,23H,4-13H2,1-3H3,(H2,28,39)(H2,29,43)(H,30,37)(H,31,45)(H,32,44)(H,33,46)(H,34,40)(H,35,41)/t14-,16+,17+,23?/m1/s1. The largest absolute Gasteiger partial charge is 0.368 e. The fraction of sp³-hybridized carbons (Fsp3) is 0.630. The minimum Gasteiger partial charge on any atom is -0.368 e. The summed E-state index contributed by atoms with van der Waals surface area (Å²) in [6.45, 7) is 2.92. The third-order valence-electron chi connectivity index (χ3n) is 7.05. The van der Waals surface area contributed by atoms with E-state index in [2.05, 4.69) is 31.9 Å². The Morgan fingerprint density at radius 2 is 1.41 bits per heavy atom. The topological polar surface area (TPSA) is 298 Å². The quantitative estimate of drug-likeness (QED) is 0.0613.